The van der Waals surface area contributed by atoms with E-state index in [9.17, 15) is 14.4 Å². The number of carbonyl (C=O) groups is 1. The molecular weight excluding hydrogens is 487 g/mol. The van der Waals surface area contributed by atoms with Crippen LogP contribution in [-0.4, -0.2) is 19.9 Å². The molecule has 2 N–H and O–H groups in total. The number of benzene rings is 2. The van der Waals surface area contributed by atoms with Crippen LogP contribution in [0.5, 0.6) is 5.75 Å². The first-order valence-electron chi connectivity index (χ1n) is 11.8. The Morgan fingerprint density at radius 3 is 2.29 bits per heavy atom. The van der Waals surface area contributed by atoms with E-state index in [2.05, 4.69) is 4.98 Å². The van der Waals surface area contributed by atoms with Crippen molar-refractivity contribution in [2.75, 3.05) is 0 Å². The summed E-state index contributed by atoms with van der Waals surface area (Å²) in [6, 6.07) is 22.3. The van der Waals surface area contributed by atoms with Gasteiger partial charge in [-0.2, -0.15) is 4.39 Å². The Morgan fingerprint density at radius 1 is 0.921 bits per heavy atom. The second-order valence-corrected chi connectivity index (χ2v) is 8.76. The van der Waals surface area contributed by atoms with Gasteiger partial charge in [-0.05, 0) is 28.8 Å². The van der Waals surface area contributed by atoms with Gasteiger partial charge in [0.05, 0.1) is 12.7 Å². The molecule has 0 saturated heterocycles. The van der Waals surface area contributed by atoms with E-state index in [1.807, 2.05) is 42.5 Å². The van der Waals surface area contributed by atoms with E-state index >= 15 is 4.39 Å². The highest BCUT2D eigenvalue weighted by Gasteiger charge is 2.22. The molecule has 5 rings (SSSR count). The molecule has 0 radical (unpaired) electrons. The van der Waals surface area contributed by atoms with Crippen LogP contribution in [0.3, 0.4) is 0 Å². The van der Waals surface area contributed by atoms with Crippen LogP contribution in [0.15, 0.2) is 101 Å². The van der Waals surface area contributed by atoms with Crippen LogP contribution in [0.4, 0.5) is 4.39 Å². The first-order chi connectivity index (χ1) is 18.4. The summed E-state index contributed by atoms with van der Waals surface area (Å²) < 4.78 is 23.0. The fourth-order valence-electron chi connectivity index (χ4n) is 4.23. The lowest BCUT2D eigenvalue weighted by Gasteiger charge is -2.15. The minimum atomic E-state index is -1.06. The number of carbonyl (C=O) groups excluding carboxylic acids is 1. The number of nitrogens with zero attached hydrogens (tertiary/aromatic N) is 3. The van der Waals surface area contributed by atoms with Gasteiger partial charge in [-0.25, -0.2) is 0 Å². The molecule has 3 aromatic heterocycles. The maximum atomic E-state index is 15.3. The van der Waals surface area contributed by atoms with Crippen molar-refractivity contribution in [1.29, 1.82) is 0 Å². The number of aromatic nitrogens is 3. The molecule has 190 valence electrons. The van der Waals surface area contributed by atoms with Crippen molar-refractivity contribution in [3.05, 3.63) is 146 Å². The second-order valence-electron chi connectivity index (χ2n) is 8.76. The molecule has 9 heteroatoms. The van der Waals surface area contributed by atoms with Crippen molar-refractivity contribution < 1.29 is 13.9 Å². The molecule has 3 heterocycles. The van der Waals surface area contributed by atoms with E-state index in [0.717, 1.165) is 38.2 Å². The van der Waals surface area contributed by atoms with Crippen LogP contribution in [-0.2, 0) is 19.6 Å². The van der Waals surface area contributed by atoms with Gasteiger partial charge >= 0.3 is 0 Å². The smallest absolute Gasteiger partial charge is 0.279 e. The van der Waals surface area contributed by atoms with Crippen molar-refractivity contribution in [3.8, 4) is 5.75 Å². The van der Waals surface area contributed by atoms with E-state index in [4.69, 9.17) is 10.5 Å². The Morgan fingerprint density at radius 2 is 1.61 bits per heavy atom. The number of primary amides is 1. The van der Waals surface area contributed by atoms with Gasteiger partial charge in [0.2, 0.25) is 11.4 Å². The Kier molecular flexibility index (Phi) is 6.82. The summed E-state index contributed by atoms with van der Waals surface area (Å²) in [5.41, 5.74) is 6.31. The van der Waals surface area contributed by atoms with E-state index in [1.165, 1.54) is 0 Å². The lowest BCUT2D eigenvalue weighted by atomic mass is 10.1. The van der Waals surface area contributed by atoms with Gasteiger partial charge < -0.3 is 15.0 Å². The van der Waals surface area contributed by atoms with Gasteiger partial charge in [0, 0.05) is 24.5 Å². The largest absolute Gasteiger partial charge is 0.483 e. The van der Waals surface area contributed by atoms with Gasteiger partial charge in [-0.3, -0.25) is 23.8 Å². The predicted octanol–water partition coefficient (Wildman–Crippen LogP) is 3.31. The molecule has 0 atom stereocenters. The number of ether oxygens (including phenoxy) is 1. The number of pyridine rings is 2. The normalized spacial score (nSPS) is 11.0. The number of amides is 1. The topological polar surface area (TPSA) is 109 Å². The van der Waals surface area contributed by atoms with E-state index < -0.39 is 34.2 Å². The van der Waals surface area contributed by atoms with Crippen LogP contribution < -0.4 is 21.5 Å². The van der Waals surface area contributed by atoms with Crippen molar-refractivity contribution in [1.82, 2.24) is 14.0 Å². The highest BCUT2D eigenvalue weighted by Crippen LogP contribution is 2.18. The van der Waals surface area contributed by atoms with Crippen molar-refractivity contribution in [3.63, 3.8) is 0 Å². The molecule has 0 saturated carbocycles. The summed E-state index contributed by atoms with van der Waals surface area (Å²) in [4.78, 5) is 42.9. The predicted molar refractivity (Wildman–Crippen MR) is 140 cm³/mol. The van der Waals surface area contributed by atoms with Crippen LogP contribution in [0, 0.1) is 5.95 Å². The summed E-state index contributed by atoms with van der Waals surface area (Å²) in [6.45, 7) is -0.0441. The molecule has 1 amide bonds. The van der Waals surface area contributed by atoms with Gasteiger partial charge in [0.25, 0.3) is 11.5 Å². The van der Waals surface area contributed by atoms with Crippen LogP contribution in [0.1, 0.15) is 32.7 Å². The van der Waals surface area contributed by atoms with Gasteiger partial charge in [-0.1, -0.05) is 60.7 Å². The third kappa shape index (κ3) is 5.08. The molecule has 0 aliphatic heterocycles. The monoisotopic (exact) mass is 510 g/mol. The summed E-state index contributed by atoms with van der Waals surface area (Å²) in [6.07, 6.45) is 4.18. The summed E-state index contributed by atoms with van der Waals surface area (Å²) in [5, 5.41) is 0. The van der Waals surface area contributed by atoms with Gasteiger partial charge in [0.15, 0.2) is 11.3 Å². The SMILES string of the molecule is NC(=O)c1cn2c(F)cn(Cc3ccnc(Cc4ccccc4)c3)c(=O)c2c(OCc2ccccc2)c1=O. The molecule has 8 nitrogen and oxygen atoms in total. The third-order valence-corrected chi connectivity index (χ3v) is 6.07. The summed E-state index contributed by atoms with van der Waals surface area (Å²) in [7, 11) is 0. The molecule has 0 aliphatic rings. The van der Waals surface area contributed by atoms with Crippen LogP contribution in [0.2, 0.25) is 0 Å². The maximum Gasteiger partial charge on any atom is 0.279 e. The van der Waals surface area contributed by atoms with Gasteiger partial charge in [0.1, 0.15) is 12.2 Å². The molecule has 5 aromatic rings. The number of fused-ring (bicyclic) bond motifs is 1. The van der Waals surface area contributed by atoms with E-state index in [1.54, 1.807) is 36.5 Å². The molecule has 0 spiro atoms. The maximum absolute atomic E-state index is 15.3. The average molecular weight is 511 g/mol. The zero-order valence-corrected chi connectivity index (χ0v) is 20.2. The number of hydrogen-bond donors (Lipinski definition) is 1. The molecule has 38 heavy (non-hydrogen) atoms. The lowest BCUT2D eigenvalue weighted by Crippen LogP contribution is -2.30. The Balaban J connectivity index is 1.57. The zero-order chi connectivity index (χ0) is 26.6. The average Bonchev–Trinajstić information content (AvgIpc) is 2.92. The number of halogens is 1. The highest BCUT2D eigenvalue weighted by molar-refractivity contribution is 5.93. The zero-order valence-electron chi connectivity index (χ0n) is 20.2. The molecule has 0 fully saturated rings. The van der Waals surface area contributed by atoms with Crippen LogP contribution >= 0.6 is 0 Å². The van der Waals surface area contributed by atoms with Crippen molar-refractivity contribution in [2.45, 2.75) is 19.6 Å². The van der Waals surface area contributed by atoms with E-state index in [-0.39, 0.29) is 18.7 Å². The Labute approximate surface area is 216 Å². The number of hydrogen-bond acceptors (Lipinski definition) is 5. The first-order valence-corrected chi connectivity index (χ1v) is 11.8. The van der Waals surface area contributed by atoms with Crippen molar-refractivity contribution >= 4 is 11.4 Å². The minimum Gasteiger partial charge on any atom is -0.483 e. The lowest BCUT2D eigenvalue weighted by molar-refractivity contribution is 0.0998. The number of rotatable bonds is 8. The third-order valence-electron chi connectivity index (χ3n) is 6.07. The molecule has 2 aromatic carbocycles. The van der Waals surface area contributed by atoms with Crippen molar-refractivity contribution in [2.24, 2.45) is 5.73 Å². The Hall–Kier alpha value is -5.05. The fraction of sp³-hybridized carbons (Fsp3) is 0.103. The molecule has 0 unspecified atom stereocenters. The Bertz CT molecular complexity index is 1750. The first kappa shape index (κ1) is 24.6. The van der Waals surface area contributed by atoms with Crippen LogP contribution in [0.25, 0.3) is 5.52 Å². The minimum absolute atomic E-state index is 0.0282. The quantitative estimate of drug-likeness (QED) is 0.345. The summed E-state index contributed by atoms with van der Waals surface area (Å²) in [5.74, 6) is -2.37. The number of nitrogens with two attached hydrogens (primary N) is 1. The highest BCUT2D eigenvalue weighted by atomic mass is 19.1. The fourth-order valence-corrected chi connectivity index (χ4v) is 4.23. The second kappa shape index (κ2) is 10.5. The molecule has 0 aliphatic carbocycles. The molecular formula is C29H23FN4O4. The summed E-state index contributed by atoms with van der Waals surface area (Å²) >= 11 is 0. The molecule has 0 bridgehead atoms. The standard InChI is InChI=1S/C29H23FN4O4/c30-24-17-33(15-21-11-12-32-22(14-21)13-19-7-3-1-4-8-19)29(37)25-27(38-18-20-9-5-2-6-10-20)26(35)23(28(31)36)16-34(24)25/h1-12,14,16-17H,13,15,18H2,(H2,31,36). The van der Waals surface area contributed by atoms with Gasteiger partial charge in [-0.15, -0.1) is 0 Å². The van der Waals surface area contributed by atoms with E-state index in [0.29, 0.717) is 12.0 Å².